The zero-order chi connectivity index (χ0) is 18.9. The smallest absolute Gasteiger partial charge is 0.335 e. The summed E-state index contributed by atoms with van der Waals surface area (Å²) in [5.41, 5.74) is 1.92. The van der Waals surface area contributed by atoms with Gasteiger partial charge in [-0.25, -0.2) is 13.6 Å². The van der Waals surface area contributed by atoms with Gasteiger partial charge in [0.1, 0.15) is 0 Å². The number of aromatic carboxylic acids is 1. The molecule has 0 saturated heterocycles. The average Bonchev–Trinajstić information content (AvgIpc) is 3.01. The number of carboxylic acids is 1. The molecule has 6 nitrogen and oxygen atoms in total. The Morgan fingerprint density at radius 2 is 2.00 bits per heavy atom. The molecule has 0 aliphatic rings. The van der Waals surface area contributed by atoms with Gasteiger partial charge in [0.2, 0.25) is 5.82 Å². The van der Waals surface area contributed by atoms with Crippen molar-refractivity contribution >= 4 is 5.97 Å². The van der Waals surface area contributed by atoms with Gasteiger partial charge in [-0.05, 0) is 41.0 Å². The lowest BCUT2D eigenvalue weighted by atomic mass is 9.95. The van der Waals surface area contributed by atoms with E-state index in [4.69, 9.17) is 0 Å². The maximum Gasteiger partial charge on any atom is 0.335 e. The molecule has 1 aromatic heterocycles. The third kappa shape index (κ3) is 3.74. The van der Waals surface area contributed by atoms with Gasteiger partial charge in [-0.2, -0.15) is 4.80 Å². The third-order valence-corrected chi connectivity index (χ3v) is 3.93. The molecule has 1 heterocycles. The van der Waals surface area contributed by atoms with Crippen molar-refractivity contribution in [3.05, 3.63) is 64.7 Å². The minimum Gasteiger partial charge on any atom is -0.478 e. The summed E-state index contributed by atoms with van der Waals surface area (Å²) >= 11 is 0. The number of carboxylic acid groups (broad SMARTS) is 1. The van der Waals surface area contributed by atoms with E-state index in [0.29, 0.717) is 17.5 Å². The number of rotatable bonds is 5. The number of aromatic nitrogens is 4. The van der Waals surface area contributed by atoms with Gasteiger partial charge in [-0.1, -0.05) is 24.3 Å². The van der Waals surface area contributed by atoms with Crippen molar-refractivity contribution in [2.75, 3.05) is 0 Å². The standard InChI is InChI=1S/C18H16F2N4O2/c1-18(19,20)14-5-3-4-11(9-14)8-12-6-7-13(17(25)26)10-15(12)16-21-23-24(2)22-16/h3-7,9-10H,8H2,1-2H3,(H,25,26). The van der Waals surface area contributed by atoms with Crippen molar-refractivity contribution in [2.45, 2.75) is 19.3 Å². The van der Waals surface area contributed by atoms with Crippen LogP contribution in [0, 0.1) is 0 Å². The first-order chi connectivity index (χ1) is 12.2. The van der Waals surface area contributed by atoms with Crippen molar-refractivity contribution < 1.29 is 18.7 Å². The molecule has 1 N–H and O–H groups in total. The van der Waals surface area contributed by atoms with Gasteiger partial charge in [0, 0.05) is 18.1 Å². The number of carbonyl (C=O) groups is 1. The van der Waals surface area contributed by atoms with Crippen molar-refractivity contribution in [3.8, 4) is 11.4 Å². The van der Waals surface area contributed by atoms with Crippen molar-refractivity contribution in [3.63, 3.8) is 0 Å². The molecule has 8 heteroatoms. The topological polar surface area (TPSA) is 80.9 Å². The van der Waals surface area contributed by atoms with Gasteiger partial charge in [0.15, 0.2) is 0 Å². The number of halogens is 2. The van der Waals surface area contributed by atoms with Crippen LogP contribution in [-0.4, -0.2) is 31.3 Å². The molecule has 26 heavy (non-hydrogen) atoms. The summed E-state index contributed by atoms with van der Waals surface area (Å²) in [7, 11) is 1.60. The third-order valence-electron chi connectivity index (χ3n) is 3.93. The Balaban J connectivity index is 2.04. The molecule has 3 aromatic rings. The zero-order valence-electron chi connectivity index (χ0n) is 14.1. The first-order valence-corrected chi connectivity index (χ1v) is 7.82. The van der Waals surface area contributed by atoms with Gasteiger partial charge in [0.25, 0.3) is 5.92 Å². The predicted octanol–water partition coefficient (Wildman–Crippen LogP) is 3.28. The molecule has 0 spiro atoms. The van der Waals surface area contributed by atoms with E-state index in [1.54, 1.807) is 25.2 Å². The second kappa shape index (κ2) is 6.62. The number of alkyl halides is 2. The van der Waals surface area contributed by atoms with Crippen molar-refractivity contribution in [2.24, 2.45) is 7.05 Å². The summed E-state index contributed by atoms with van der Waals surface area (Å²) in [4.78, 5) is 12.5. The van der Waals surface area contributed by atoms with Crippen LogP contribution in [0.15, 0.2) is 42.5 Å². The van der Waals surface area contributed by atoms with Crippen LogP contribution in [0.25, 0.3) is 11.4 Å². The van der Waals surface area contributed by atoms with E-state index in [2.05, 4.69) is 15.4 Å². The number of benzene rings is 2. The Hall–Kier alpha value is -3.16. The highest BCUT2D eigenvalue weighted by atomic mass is 19.3. The van der Waals surface area contributed by atoms with Crippen LogP contribution >= 0.6 is 0 Å². The quantitative estimate of drug-likeness (QED) is 0.757. The molecule has 0 atom stereocenters. The van der Waals surface area contributed by atoms with Gasteiger partial charge >= 0.3 is 5.97 Å². The van der Waals surface area contributed by atoms with Crippen molar-refractivity contribution in [1.29, 1.82) is 0 Å². The first-order valence-electron chi connectivity index (χ1n) is 7.82. The van der Waals surface area contributed by atoms with E-state index in [-0.39, 0.29) is 17.0 Å². The fourth-order valence-electron chi connectivity index (χ4n) is 2.64. The summed E-state index contributed by atoms with van der Waals surface area (Å²) < 4.78 is 27.1. The maximum atomic E-state index is 13.6. The summed E-state index contributed by atoms with van der Waals surface area (Å²) in [6.45, 7) is 0.850. The van der Waals surface area contributed by atoms with Crippen LogP contribution in [0.5, 0.6) is 0 Å². The SMILES string of the molecule is Cn1nnc(-c2cc(C(=O)O)ccc2Cc2cccc(C(C)(F)F)c2)n1. The number of hydrogen-bond donors (Lipinski definition) is 1. The van der Waals surface area contributed by atoms with Gasteiger partial charge in [-0.3, -0.25) is 0 Å². The lowest BCUT2D eigenvalue weighted by Crippen LogP contribution is -2.07. The van der Waals surface area contributed by atoms with E-state index < -0.39 is 11.9 Å². The maximum absolute atomic E-state index is 13.6. The molecular weight excluding hydrogens is 342 g/mol. The highest BCUT2D eigenvalue weighted by molar-refractivity contribution is 5.89. The molecule has 0 amide bonds. The molecule has 2 aromatic carbocycles. The second-order valence-corrected chi connectivity index (χ2v) is 6.05. The van der Waals surface area contributed by atoms with E-state index in [1.165, 1.54) is 29.1 Å². The highest BCUT2D eigenvalue weighted by Gasteiger charge is 2.24. The minimum atomic E-state index is -2.93. The first kappa shape index (κ1) is 17.7. The van der Waals surface area contributed by atoms with Crippen LogP contribution in [0.2, 0.25) is 0 Å². The van der Waals surface area contributed by atoms with Crippen LogP contribution in [0.3, 0.4) is 0 Å². The number of hydrogen-bond acceptors (Lipinski definition) is 4. The second-order valence-electron chi connectivity index (χ2n) is 6.05. The lowest BCUT2D eigenvalue weighted by Gasteiger charge is -2.13. The molecule has 0 aliphatic heterocycles. The average molecular weight is 358 g/mol. The zero-order valence-corrected chi connectivity index (χ0v) is 14.1. The lowest BCUT2D eigenvalue weighted by molar-refractivity contribution is 0.0174. The fourth-order valence-corrected chi connectivity index (χ4v) is 2.64. The Bertz CT molecular complexity index is 964. The molecule has 0 aliphatic carbocycles. The summed E-state index contributed by atoms with van der Waals surface area (Å²) in [6, 6.07) is 10.7. The van der Waals surface area contributed by atoms with Crippen molar-refractivity contribution in [1.82, 2.24) is 20.2 Å². The van der Waals surface area contributed by atoms with Gasteiger partial charge in [-0.15, -0.1) is 10.2 Å². The summed E-state index contributed by atoms with van der Waals surface area (Å²) in [6.07, 6.45) is 0.331. The fraction of sp³-hybridized carbons (Fsp3) is 0.222. The normalized spacial score (nSPS) is 11.5. The van der Waals surface area contributed by atoms with Gasteiger partial charge in [0.05, 0.1) is 12.6 Å². The van der Waals surface area contributed by atoms with Gasteiger partial charge < -0.3 is 5.11 Å². The van der Waals surface area contributed by atoms with Crippen LogP contribution in [0.1, 0.15) is 34.0 Å². The minimum absolute atomic E-state index is 0.0728. The predicted molar refractivity (Wildman–Crippen MR) is 90.0 cm³/mol. The summed E-state index contributed by atoms with van der Waals surface area (Å²) in [5, 5.41) is 21.1. The largest absolute Gasteiger partial charge is 0.478 e. The molecular formula is C18H16F2N4O2. The summed E-state index contributed by atoms with van der Waals surface area (Å²) in [5.74, 6) is -3.73. The molecule has 0 bridgehead atoms. The number of aryl methyl sites for hydroxylation is 1. The van der Waals surface area contributed by atoms with E-state index in [1.807, 2.05) is 0 Å². The van der Waals surface area contributed by atoms with E-state index >= 15 is 0 Å². The Kier molecular flexibility index (Phi) is 4.50. The molecule has 0 saturated carbocycles. The Morgan fingerprint density at radius 3 is 2.62 bits per heavy atom. The Labute approximate surface area is 148 Å². The molecule has 134 valence electrons. The number of tetrazole rings is 1. The molecule has 3 rings (SSSR count). The monoisotopic (exact) mass is 358 g/mol. The Morgan fingerprint density at radius 1 is 1.23 bits per heavy atom. The number of nitrogens with zero attached hydrogens (tertiary/aromatic N) is 4. The molecule has 0 fully saturated rings. The molecule has 0 radical (unpaired) electrons. The highest BCUT2D eigenvalue weighted by Crippen LogP contribution is 2.29. The van der Waals surface area contributed by atoms with E-state index in [0.717, 1.165) is 12.5 Å². The molecule has 0 unspecified atom stereocenters. The van der Waals surface area contributed by atoms with Crippen LogP contribution in [-0.2, 0) is 19.4 Å². The van der Waals surface area contributed by atoms with Crippen LogP contribution in [0.4, 0.5) is 8.78 Å². The van der Waals surface area contributed by atoms with Crippen LogP contribution < -0.4 is 0 Å². The van der Waals surface area contributed by atoms with E-state index in [9.17, 15) is 18.7 Å².